The molecule has 4 nitrogen and oxygen atoms in total. The molecule has 1 aromatic rings. The number of hydrogen-bond acceptors (Lipinski definition) is 3. The summed E-state index contributed by atoms with van der Waals surface area (Å²) in [6.07, 6.45) is 0. The zero-order chi connectivity index (χ0) is 10.8. The van der Waals surface area contributed by atoms with E-state index in [9.17, 15) is 4.79 Å². The van der Waals surface area contributed by atoms with Crippen LogP contribution in [0.3, 0.4) is 0 Å². The topological polar surface area (TPSA) is 41.6 Å². The number of carbonyl (C=O) groups excluding carboxylic acids is 1. The molecule has 80 valence electrons. The lowest BCUT2D eigenvalue weighted by Gasteiger charge is -2.30. The number of amides is 1. The van der Waals surface area contributed by atoms with Crippen LogP contribution in [0.5, 0.6) is 5.75 Å². The summed E-state index contributed by atoms with van der Waals surface area (Å²) in [6, 6.07) is 5.76. The maximum atomic E-state index is 11.5. The number of rotatable bonds is 2. The first kappa shape index (κ1) is 9.83. The second-order valence-electron chi connectivity index (χ2n) is 3.42. The average Bonchev–Trinajstić information content (AvgIpc) is 2.27. The maximum absolute atomic E-state index is 11.5. The van der Waals surface area contributed by atoms with Crippen LogP contribution in [0.4, 0.5) is 11.4 Å². The monoisotopic (exact) mass is 206 g/mol. The van der Waals surface area contributed by atoms with Gasteiger partial charge in [-0.3, -0.25) is 4.79 Å². The number of nitrogens with one attached hydrogen (secondary N) is 1. The summed E-state index contributed by atoms with van der Waals surface area (Å²) >= 11 is 0. The minimum absolute atomic E-state index is 0.00819. The molecule has 1 aromatic carbocycles. The number of likely N-dealkylation sites (N-methyl/N-ethyl adjacent to an activating group) is 1. The zero-order valence-corrected chi connectivity index (χ0v) is 8.91. The van der Waals surface area contributed by atoms with Gasteiger partial charge in [-0.1, -0.05) is 6.07 Å². The highest BCUT2D eigenvalue weighted by atomic mass is 16.5. The fourth-order valence-electron chi connectivity index (χ4n) is 1.80. The van der Waals surface area contributed by atoms with Crippen LogP contribution in [-0.2, 0) is 4.79 Å². The molecule has 0 fully saturated rings. The lowest BCUT2D eigenvalue weighted by Crippen LogP contribution is -2.38. The molecule has 4 heteroatoms. The van der Waals surface area contributed by atoms with E-state index in [0.717, 1.165) is 17.9 Å². The van der Waals surface area contributed by atoms with Crippen molar-refractivity contribution in [2.75, 3.05) is 30.4 Å². The normalized spacial score (nSPS) is 14.5. The molecule has 0 saturated heterocycles. The van der Waals surface area contributed by atoms with Crippen LogP contribution in [0.15, 0.2) is 18.2 Å². The van der Waals surface area contributed by atoms with E-state index in [1.54, 1.807) is 7.11 Å². The van der Waals surface area contributed by atoms with Gasteiger partial charge in [-0.15, -0.1) is 0 Å². The fraction of sp³-hybridized carbons (Fsp3) is 0.364. The van der Waals surface area contributed by atoms with Crippen molar-refractivity contribution in [3.05, 3.63) is 18.2 Å². The summed E-state index contributed by atoms with van der Waals surface area (Å²) < 4.78 is 5.21. The van der Waals surface area contributed by atoms with Gasteiger partial charge in [0.05, 0.1) is 19.3 Å². The predicted molar refractivity (Wildman–Crippen MR) is 59.5 cm³/mol. The molecular weight excluding hydrogens is 192 g/mol. The molecule has 2 rings (SSSR count). The van der Waals surface area contributed by atoms with E-state index in [1.807, 2.05) is 30.0 Å². The van der Waals surface area contributed by atoms with Crippen LogP contribution < -0.4 is 15.0 Å². The average molecular weight is 206 g/mol. The highest BCUT2D eigenvalue weighted by Crippen LogP contribution is 2.36. The van der Waals surface area contributed by atoms with Gasteiger partial charge in [0, 0.05) is 6.54 Å². The van der Waals surface area contributed by atoms with Crippen LogP contribution >= 0.6 is 0 Å². The quantitative estimate of drug-likeness (QED) is 0.796. The molecule has 1 N–H and O–H groups in total. The Hall–Kier alpha value is -1.71. The van der Waals surface area contributed by atoms with Crippen molar-refractivity contribution in [2.45, 2.75) is 6.92 Å². The Morgan fingerprint density at radius 3 is 3.00 bits per heavy atom. The van der Waals surface area contributed by atoms with Gasteiger partial charge >= 0.3 is 0 Å². The van der Waals surface area contributed by atoms with Crippen molar-refractivity contribution < 1.29 is 9.53 Å². The van der Waals surface area contributed by atoms with Crippen molar-refractivity contribution in [2.24, 2.45) is 0 Å². The molecule has 0 saturated carbocycles. The summed E-state index contributed by atoms with van der Waals surface area (Å²) in [5, 5.41) is 2.84. The van der Waals surface area contributed by atoms with Crippen molar-refractivity contribution in [1.82, 2.24) is 0 Å². The number of hydrogen-bond donors (Lipinski definition) is 1. The summed E-state index contributed by atoms with van der Waals surface area (Å²) in [4.78, 5) is 13.5. The molecule has 0 radical (unpaired) electrons. The summed E-state index contributed by atoms with van der Waals surface area (Å²) in [6.45, 7) is 3.26. The molecule has 0 spiro atoms. The molecule has 15 heavy (non-hydrogen) atoms. The third kappa shape index (κ3) is 1.63. The molecule has 1 amide bonds. The predicted octanol–water partition coefficient (Wildman–Crippen LogP) is 1.47. The molecule has 1 aliphatic heterocycles. The lowest BCUT2D eigenvalue weighted by atomic mass is 10.2. The van der Waals surface area contributed by atoms with Gasteiger partial charge in [0.25, 0.3) is 0 Å². The van der Waals surface area contributed by atoms with Crippen molar-refractivity contribution in [3.8, 4) is 5.75 Å². The van der Waals surface area contributed by atoms with Crippen LogP contribution in [0.25, 0.3) is 0 Å². The van der Waals surface area contributed by atoms with Crippen LogP contribution in [0.1, 0.15) is 6.92 Å². The zero-order valence-electron chi connectivity index (χ0n) is 8.91. The third-order valence-electron chi connectivity index (χ3n) is 2.55. The lowest BCUT2D eigenvalue weighted by molar-refractivity contribution is -0.115. The smallest absolute Gasteiger partial charge is 0.244 e. The van der Waals surface area contributed by atoms with E-state index >= 15 is 0 Å². The first-order valence-electron chi connectivity index (χ1n) is 4.98. The number of fused-ring (bicyclic) bond motifs is 1. The van der Waals surface area contributed by atoms with Gasteiger partial charge in [0.15, 0.2) is 0 Å². The Morgan fingerprint density at radius 1 is 1.53 bits per heavy atom. The Kier molecular flexibility index (Phi) is 2.49. The maximum Gasteiger partial charge on any atom is 0.244 e. The number of nitrogens with zero attached hydrogens (tertiary/aromatic N) is 1. The van der Waals surface area contributed by atoms with Gasteiger partial charge in [0.1, 0.15) is 11.4 Å². The van der Waals surface area contributed by atoms with E-state index in [2.05, 4.69) is 5.32 Å². The molecule has 1 heterocycles. The highest BCUT2D eigenvalue weighted by Gasteiger charge is 2.23. The first-order chi connectivity index (χ1) is 7.26. The van der Waals surface area contributed by atoms with Gasteiger partial charge < -0.3 is 15.0 Å². The van der Waals surface area contributed by atoms with Gasteiger partial charge in [-0.05, 0) is 19.1 Å². The Bertz CT molecular complexity index is 390. The molecule has 0 aliphatic carbocycles. The standard InChI is InChI=1S/C11H14N2O2/c1-3-13-7-10(14)12-11-8(13)5-4-6-9(11)15-2/h4-6H,3,7H2,1-2H3,(H,12,14). The van der Waals surface area contributed by atoms with E-state index in [4.69, 9.17) is 4.74 Å². The molecular formula is C11H14N2O2. The van der Waals surface area contributed by atoms with E-state index in [1.165, 1.54) is 0 Å². The van der Waals surface area contributed by atoms with Gasteiger partial charge in [-0.2, -0.15) is 0 Å². The van der Waals surface area contributed by atoms with E-state index < -0.39 is 0 Å². The third-order valence-corrected chi connectivity index (χ3v) is 2.55. The number of para-hydroxylation sites is 1. The molecule has 0 atom stereocenters. The second kappa shape index (κ2) is 3.81. The van der Waals surface area contributed by atoms with Crippen molar-refractivity contribution in [3.63, 3.8) is 0 Å². The van der Waals surface area contributed by atoms with Crippen molar-refractivity contribution in [1.29, 1.82) is 0 Å². The van der Waals surface area contributed by atoms with Crippen LogP contribution in [0.2, 0.25) is 0 Å². The molecule has 0 unspecified atom stereocenters. The highest BCUT2D eigenvalue weighted by molar-refractivity contribution is 6.02. The molecule has 1 aliphatic rings. The second-order valence-corrected chi connectivity index (χ2v) is 3.42. The fourth-order valence-corrected chi connectivity index (χ4v) is 1.80. The Labute approximate surface area is 88.8 Å². The van der Waals surface area contributed by atoms with Crippen LogP contribution in [0, 0.1) is 0 Å². The number of benzene rings is 1. The number of methoxy groups -OCH3 is 1. The SMILES string of the molecule is CCN1CC(=O)Nc2c(OC)cccc21. The summed E-state index contributed by atoms with van der Waals surface area (Å²) in [7, 11) is 1.60. The van der Waals surface area contributed by atoms with Gasteiger partial charge in [-0.25, -0.2) is 0 Å². The number of ether oxygens (including phenoxy) is 1. The summed E-state index contributed by atoms with van der Waals surface area (Å²) in [5.41, 5.74) is 1.80. The summed E-state index contributed by atoms with van der Waals surface area (Å²) in [5.74, 6) is 0.716. The first-order valence-corrected chi connectivity index (χ1v) is 4.98. The molecule has 0 bridgehead atoms. The number of carbonyl (C=O) groups is 1. The largest absolute Gasteiger partial charge is 0.494 e. The van der Waals surface area contributed by atoms with Crippen LogP contribution in [-0.4, -0.2) is 26.1 Å². The minimum atomic E-state index is 0.00819. The van der Waals surface area contributed by atoms with E-state index in [0.29, 0.717) is 12.3 Å². The Morgan fingerprint density at radius 2 is 2.33 bits per heavy atom. The minimum Gasteiger partial charge on any atom is -0.494 e. The Balaban J connectivity index is 2.49. The van der Waals surface area contributed by atoms with Gasteiger partial charge in [0.2, 0.25) is 5.91 Å². The molecule has 0 aromatic heterocycles. The number of anilines is 2. The van der Waals surface area contributed by atoms with E-state index in [-0.39, 0.29) is 5.91 Å². The van der Waals surface area contributed by atoms with Crippen molar-refractivity contribution >= 4 is 17.3 Å².